The Balaban J connectivity index is 2.06. The number of aliphatic hydroxyl groups excluding tert-OH is 1. The SMILES string of the molecule is Cc1cc(C(C)O)ccc1OC1CC(C)CC(C)C1. The zero-order valence-corrected chi connectivity index (χ0v) is 12.5. The van der Waals surface area contributed by atoms with Crippen LogP contribution in [0.5, 0.6) is 5.75 Å². The normalized spacial score (nSPS) is 29.0. The van der Waals surface area contributed by atoms with E-state index in [1.807, 2.05) is 18.2 Å². The largest absolute Gasteiger partial charge is 0.490 e. The Morgan fingerprint density at radius 2 is 1.79 bits per heavy atom. The maximum absolute atomic E-state index is 9.59. The molecule has 1 saturated carbocycles. The van der Waals surface area contributed by atoms with E-state index >= 15 is 0 Å². The molecule has 3 atom stereocenters. The summed E-state index contributed by atoms with van der Waals surface area (Å²) in [6, 6.07) is 5.99. The van der Waals surface area contributed by atoms with Gasteiger partial charge in [0.25, 0.3) is 0 Å². The highest BCUT2D eigenvalue weighted by atomic mass is 16.5. The molecule has 0 saturated heterocycles. The van der Waals surface area contributed by atoms with Gasteiger partial charge in [0.2, 0.25) is 0 Å². The van der Waals surface area contributed by atoms with Crippen LogP contribution in [0.25, 0.3) is 0 Å². The van der Waals surface area contributed by atoms with E-state index in [0.29, 0.717) is 6.10 Å². The minimum atomic E-state index is -0.414. The van der Waals surface area contributed by atoms with Gasteiger partial charge in [-0.1, -0.05) is 19.9 Å². The molecule has 1 fully saturated rings. The molecular weight excluding hydrogens is 236 g/mol. The molecule has 0 amide bonds. The fourth-order valence-corrected chi connectivity index (χ4v) is 3.21. The van der Waals surface area contributed by atoms with Gasteiger partial charge in [0.05, 0.1) is 12.2 Å². The van der Waals surface area contributed by atoms with E-state index in [9.17, 15) is 5.11 Å². The third-order valence-corrected chi connectivity index (χ3v) is 4.11. The third-order valence-electron chi connectivity index (χ3n) is 4.11. The number of ether oxygens (including phenoxy) is 1. The summed E-state index contributed by atoms with van der Waals surface area (Å²) in [4.78, 5) is 0. The molecule has 0 aliphatic heterocycles. The Morgan fingerprint density at radius 1 is 1.16 bits per heavy atom. The highest BCUT2D eigenvalue weighted by molar-refractivity contribution is 5.37. The molecule has 2 heteroatoms. The highest BCUT2D eigenvalue weighted by Gasteiger charge is 2.25. The van der Waals surface area contributed by atoms with Crippen LogP contribution in [0.2, 0.25) is 0 Å². The van der Waals surface area contributed by atoms with Gasteiger partial charge in [-0.25, -0.2) is 0 Å². The average Bonchev–Trinajstić information content (AvgIpc) is 2.30. The van der Waals surface area contributed by atoms with Crippen LogP contribution < -0.4 is 4.74 Å². The highest BCUT2D eigenvalue weighted by Crippen LogP contribution is 2.32. The second kappa shape index (κ2) is 5.96. The molecular formula is C17H26O2. The van der Waals surface area contributed by atoms with Crippen LogP contribution in [0, 0.1) is 18.8 Å². The van der Waals surface area contributed by atoms with Gasteiger partial charge < -0.3 is 9.84 Å². The Labute approximate surface area is 116 Å². The quantitative estimate of drug-likeness (QED) is 0.882. The Hall–Kier alpha value is -1.02. The van der Waals surface area contributed by atoms with E-state index in [4.69, 9.17) is 4.74 Å². The van der Waals surface area contributed by atoms with Crippen molar-refractivity contribution in [3.8, 4) is 5.75 Å². The van der Waals surface area contributed by atoms with Crippen molar-refractivity contribution in [1.82, 2.24) is 0 Å². The standard InChI is InChI=1S/C17H26O2/c1-11-7-12(2)9-16(8-11)19-17-6-5-15(14(4)18)10-13(17)3/h5-6,10-12,14,16,18H,7-9H2,1-4H3. The third kappa shape index (κ3) is 3.73. The summed E-state index contributed by atoms with van der Waals surface area (Å²) in [5, 5.41) is 9.59. The fourth-order valence-electron chi connectivity index (χ4n) is 3.21. The first-order valence-corrected chi connectivity index (χ1v) is 7.41. The lowest BCUT2D eigenvalue weighted by Gasteiger charge is -2.32. The molecule has 1 N–H and O–H groups in total. The predicted octanol–water partition coefficient (Wildman–Crippen LogP) is 4.25. The average molecular weight is 262 g/mol. The maximum Gasteiger partial charge on any atom is 0.122 e. The first-order chi connectivity index (χ1) is 8.95. The predicted molar refractivity (Wildman–Crippen MR) is 78.4 cm³/mol. The lowest BCUT2D eigenvalue weighted by molar-refractivity contribution is 0.100. The summed E-state index contributed by atoms with van der Waals surface area (Å²) in [6.45, 7) is 8.47. The first-order valence-electron chi connectivity index (χ1n) is 7.41. The van der Waals surface area contributed by atoms with Crippen molar-refractivity contribution in [3.05, 3.63) is 29.3 Å². The lowest BCUT2D eigenvalue weighted by Crippen LogP contribution is -2.28. The Bertz CT molecular complexity index is 415. The molecule has 2 nitrogen and oxygen atoms in total. The molecule has 1 aliphatic rings. The molecule has 2 rings (SSSR count). The summed E-state index contributed by atoms with van der Waals surface area (Å²) in [5.74, 6) is 2.48. The van der Waals surface area contributed by atoms with Gasteiger partial charge in [-0.3, -0.25) is 0 Å². The van der Waals surface area contributed by atoms with E-state index in [2.05, 4.69) is 20.8 Å². The molecule has 1 aromatic carbocycles. The molecule has 1 aromatic rings. The molecule has 1 aliphatic carbocycles. The smallest absolute Gasteiger partial charge is 0.122 e. The zero-order valence-electron chi connectivity index (χ0n) is 12.5. The molecule has 0 aromatic heterocycles. The summed E-state index contributed by atoms with van der Waals surface area (Å²) >= 11 is 0. The number of rotatable bonds is 3. The van der Waals surface area contributed by atoms with Crippen LogP contribution in [0.15, 0.2) is 18.2 Å². The summed E-state index contributed by atoms with van der Waals surface area (Å²) in [7, 11) is 0. The number of hydrogen-bond acceptors (Lipinski definition) is 2. The minimum Gasteiger partial charge on any atom is -0.490 e. The van der Waals surface area contributed by atoms with Crippen LogP contribution in [0.4, 0.5) is 0 Å². The first kappa shape index (κ1) is 14.4. The van der Waals surface area contributed by atoms with E-state index in [0.717, 1.165) is 41.6 Å². The fraction of sp³-hybridized carbons (Fsp3) is 0.647. The maximum atomic E-state index is 9.59. The van der Waals surface area contributed by atoms with E-state index in [1.165, 1.54) is 6.42 Å². The molecule has 0 bridgehead atoms. The van der Waals surface area contributed by atoms with Gasteiger partial charge in [0.15, 0.2) is 0 Å². The summed E-state index contributed by atoms with van der Waals surface area (Å²) in [5.41, 5.74) is 2.07. The van der Waals surface area contributed by atoms with Gasteiger partial charge in [0, 0.05) is 0 Å². The van der Waals surface area contributed by atoms with Gasteiger partial charge in [0.1, 0.15) is 5.75 Å². The van der Waals surface area contributed by atoms with Gasteiger partial charge >= 0.3 is 0 Å². The van der Waals surface area contributed by atoms with E-state index < -0.39 is 6.10 Å². The van der Waals surface area contributed by atoms with Gasteiger partial charge in [-0.2, -0.15) is 0 Å². The van der Waals surface area contributed by atoms with Crippen LogP contribution in [0.3, 0.4) is 0 Å². The van der Waals surface area contributed by atoms with Crippen molar-refractivity contribution in [3.63, 3.8) is 0 Å². The van der Waals surface area contributed by atoms with E-state index in [-0.39, 0.29) is 0 Å². The number of aliphatic hydroxyl groups is 1. The van der Waals surface area contributed by atoms with E-state index in [1.54, 1.807) is 6.92 Å². The molecule has 106 valence electrons. The van der Waals surface area contributed by atoms with Crippen LogP contribution in [-0.4, -0.2) is 11.2 Å². The molecule has 3 unspecified atom stereocenters. The molecule has 0 radical (unpaired) electrons. The molecule has 0 spiro atoms. The second-order valence-corrected chi connectivity index (χ2v) is 6.36. The second-order valence-electron chi connectivity index (χ2n) is 6.36. The number of benzene rings is 1. The lowest BCUT2D eigenvalue weighted by atomic mass is 9.82. The number of hydrogen-bond donors (Lipinski definition) is 1. The van der Waals surface area contributed by atoms with Crippen LogP contribution >= 0.6 is 0 Å². The summed E-state index contributed by atoms with van der Waals surface area (Å²) < 4.78 is 6.18. The van der Waals surface area contributed by atoms with Crippen LogP contribution in [0.1, 0.15) is 57.3 Å². The van der Waals surface area contributed by atoms with Crippen molar-refractivity contribution in [2.24, 2.45) is 11.8 Å². The van der Waals surface area contributed by atoms with Crippen LogP contribution in [-0.2, 0) is 0 Å². The van der Waals surface area contributed by atoms with Crippen molar-refractivity contribution < 1.29 is 9.84 Å². The Morgan fingerprint density at radius 3 is 2.32 bits per heavy atom. The topological polar surface area (TPSA) is 29.5 Å². The van der Waals surface area contributed by atoms with Crippen molar-refractivity contribution >= 4 is 0 Å². The van der Waals surface area contributed by atoms with Crippen molar-refractivity contribution in [2.45, 2.75) is 59.2 Å². The minimum absolute atomic E-state index is 0.342. The summed E-state index contributed by atoms with van der Waals surface area (Å²) in [6.07, 6.45) is 3.56. The van der Waals surface area contributed by atoms with Gasteiger partial charge in [-0.05, 0) is 68.2 Å². The van der Waals surface area contributed by atoms with Gasteiger partial charge in [-0.15, -0.1) is 0 Å². The number of aryl methyl sites for hydroxylation is 1. The molecule has 0 heterocycles. The van der Waals surface area contributed by atoms with Crippen molar-refractivity contribution in [1.29, 1.82) is 0 Å². The molecule has 19 heavy (non-hydrogen) atoms. The monoisotopic (exact) mass is 262 g/mol. The zero-order chi connectivity index (χ0) is 14.0. The van der Waals surface area contributed by atoms with Crippen molar-refractivity contribution in [2.75, 3.05) is 0 Å². The Kier molecular flexibility index (Phi) is 4.51.